The van der Waals surface area contributed by atoms with E-state index in [1.165, 1.54) is 0 Å². The molecule has 0 aliphatic carbocycles. The van der Waals surface area contributed by atoms with Crippen LogP contribution in [0.25, 0.3) is 0 Å². The van der Waals surface area contributed by atoms with E-state index in [9.17, 15) is 4.79 Å². The van der Waals surface area contributed by atoms with E-state index in [1.54, 1.807) is 0 Å². The molecule has 2 rings (SSSR count). The number of rotatable bonds is 0. The van der Waals surface area contributed by atoms with Gasteiger partial charge in [-0.05, 0) is 0 Å². The molecular weight excluding hydrogens is 148 g/mol. The minimum absolute atomic E-state index is 0.0133. The van der Waals surface area contributed by atoms with Crippen molar-refractivity contribution in [2.75, 3.05) is 26.4 Å². The Kier molecular flexibility index (Phi) is 1.89. The number of ketones is 1. The van der Waals surface area contributed by atoms with Crippen LogP contribution in [0.3, 0.4) is 0 Å². The van der Waals surface area contributed by atoms with Gasteiger partial charge in [-0.1, -0.05) is 0 Å². The first-order valence-electron chi connectivity index (χ1n) is 3.69. The van der Waals surface area contributed by atoms with Crippen molar-refractivity contribution >= 4 is 5.78 Å². The van der Waals surface area contributed by atoms with Crippen LogP contribution in [0.5, 0.6) is 0 Å². The van der Waals surface area contributed by atoms with E-state index in [4.69, 9.17) is 14.2 Å². The summed E-state index contributed by atoms with van der Waals surface area (Å²) in [5.41, 5.74) is 0. The summed E-state index contributed by atoms with van der Waals surface area (Å²) >= 11 is 0. The highest BCUT2D eigenvalue weighted by Gasteiger charge is 2.33. The molecule has 2 aliphatic rings. The van der Waals surface area contributed by atoms with Gasteiger partial charge in [-0.15, -0.1) is 0 Å². The predicted molar refractivity (Wildman–Crippen MR) is 35.3 cm³/mol. The molecule has 0 spiro atoms. The zero-order chi connectivity index (χ0) is 7.68. The highest BCUT2D eigenvalue weighted by atomic mass is 16.6. The molecule has 62 valence electrons. The lowest BCUT2D eigenvalue weighted by Gasteiger charge is -2.11. The zero-order valence-corrected chi connectivity index (χ0v) is 6.12. The summed E-state index contributed by atoms with van der Waals surface area (Å²) < 4.78 is 15.6. The molecule has 0 saturated carbocycles. The van der Waals surface area contributed by atoms with E-state index in [0.717, 1.165) is 0 Å². The van der Waals surface area contributed by atoms with Gasteiger partial charge < -0.3 is 14.2 Å². The molecule has 0 bridgehead atoms. The second kappa shape index (κ2) is 2.89. The SMILES string of the molecule is O=C1CO[C@H]2COC[C@H]2OC1. The molecule has 0 unspecified atom stereocenters. The van der Waals surface area contributed by atoms with Crippen LogP contribution >= 0.6 is 0 Å². The lowest BCUT2D eigenvalue weighted by atomic mass is 10.3. The Morgan fingerprint density at radius 2 is 1.64 bits per heavy atom. The van der Waals surface area contributed by atoms with Gasteiger partial charge in [-0.2, -0.15) is 0 Å². The number of hydrogen-bond donors (Lipinski definition) is 0. The summed E-state index contributed by atoms with van der Waals surface area (Å²) in [5, 5.41) is 0. The van der Waals surface area contributed by atoms with Crippen LogP contribution in [0, 0.1) is 0 Å². The molecule has 0 N–H and O–H groups in total. The van der Waals surface area contributed by atoms with Gasteiger partial charge in [-0.25, -0.2) is 0 Å². The van der Waals surface area contributed by atoms with Crippen LogP contribution < -0.4 is 0 Å². The number of Topliss-reactive ketones (excluding diaryl/α,β-unsaturated/α-hetero) is 1. The third kappa shape index (κ3) is 1.42. The Morgan fingerprint density at radius 3 is 2.18 bits per heavy atom. The molecule has 4 heteroatoms. The minimum atomic E-state index is -0.0264. The van der Waals surface area contributed by atoms with Crippen molar-refractivity contribution in [3.05, 3.63) is 0 Å². The lowest BCUT2D eigenvalue weighted by molar-refractivity contribution is -0.125. The minimum Gasteiger partial charge on any atom is -0.376 e. The van der Waals surface area contributed by atoms with E-state index in [1.807, 2.05) is 0 Å². The average molecular weight is 158 g/mol. The number of carbonyl (C=O) groups is 1. The van der Waals surface area contributed by atoms with Crippen molar-refractivity contribution in [1.29, 1.82) is 0 Å². The highest BCUT2D eigenvalue weighted by molar-refractivity contribution is 5.81. The van der Waals surface area contributed by atoms with Gasteiger partial charge in [0.1, 0.15) is 25.4 Å². The van der Waals surface area contributed by atoms with Gasteiger partial charge >= 0.3 is 0 Å². The van der Waals surface area contributed by atoms with Crippen molar-refractivity contribution in [3.63, 3.8) is 0 Å². The van der Waals surface area contributed by atoms with Crippen molar-refractivity contribution in [1.82, 2.24) is 0 Å². The number of carbonyl (C=O) groups excluding carboxylic acids is 1. The van der Waals surface area contributed by atoms with Gasteiger partial charge in [0, 0.05) is 0 Å². The molecule has 0 aromatic carbocycles. The molecule has 2 saturated heterocycles. The molecule has 11 heavy (non-hydrogen) atoms. The maximum Gasteiger partial charge on any atom is 0.184 e. The Balaban J connectivity index is 2.00. The fourth-order valence-electron chi connectivity index (χ4n) is 1.27. The lowest BCUT2D eigenvalue weighted by Crippen LogP contribution is -2.27. The van der Waals surface area contributed by atoms with Crippen molar-refractivity contribution < 1.29 is 19.0 Å². The molecular formula is C7H10O4. The fourth-order valence-corrected chi connectivity index (χ4v) is 1.27. The fraction of sp³-hybridized carbons (Fsp3) is 0.857. The molecule has 0 aromatic heterocycles. The third-order valence-corrected chi connectivity index (χ3v) is 1.90. The standard InChI is InChI=1S/C7H10O4/c8-5-1-10-6-3-9-4-7(6)11-2-5/h6-7H,1-4H2/t6-,7+. The molecule has 2 aliphatic heterocycles. The van der Waals surface area contributed by atoms with Crippen LogP contribution in [0.1, 0.15) is 0 Å². The Bertz CT molecular complexity index is 152. The third-order valence-electron chi connectivity index (χ3n) is 1.90. The topological polar surface area (TPSA) is 44.8 Å². The van der Waals surface area contributed by atoms with Crippen LogP contribution in [-0.4, -0.2) is 44.4 Å². The summed E-state index contributed by atoms with van der Waals surface area (Å²) in [5.74, 6) is 0.0133. The van der Waals surface area contributed by atoms with Gasteiger partial charge in [0.05, 0.1) is 13.2 Å². The van der Waals surface area contributed by atoms with E-state index >= 15 is 0 Å². The molecule has 0 amide bonds. The van der Waals surface area contributed by atoms with E-state index in [2.05, 4.69) is 0 Å². The maximum atomic E-state index is 10.8. The highest BCUT2D eigenvalue weighted by Crippen LogP contribution is 2.15. The normalized spacial score (nSPS) is 38.4. The molecule has 2 heterocycles. The first-order chi connectivity index (χ1) is 5.36. The van der Waals surface area contributed by atoms with Crippen molar-refractivity contribution in [2.45, 2.75) is 12.2 Å². The molecule has 2 atom stereocenters. The van der Waals surface area contributed by atoms with Gasteiger partial charge in [-0.3, -0.25) is 4.79 Å². The number of fused-ring (bicyclic) bond motifs is 1. The Labute approximate surface area is 64.4 Å². The Morgan fingerprint density at radius 1 is 1.09 bits per heavy atom. The molecule has 2 fully saturated rings. The summed E-state index contributed by atoms with van der Waals surface area (Å²) in [7, 11) is 0. The first kappa shape index (κ1) is 7.21. The molecule has 4 nitrogen and oxygen atoms in total. The summed E-state index contributed by atoms with van der Waals surface area (Å²) in [6.45, 7) is 1.45. The quantitative estimate of drug-likeness (QED) is 0.471. The number of ether oxygens (including phenoxy) is 3. The van der Waals surface area contributed by atoms with E-state index < -0.39 is 0 Å². The van der Waals surface area contributed by atoms with Gasteiger partial charge in [0.15, 0.2) is 5.78 Å². The number of hydrogen-bond acceptors (Lipinski definition) is 4. The zero-order valence-electron chi connectivity index (χ0n) is 6.12. The monoisotopic (exact) mass is 158 g/mol. The smallest absolute Gasteiger partial charge is 0.184 e. The average Bonchev–Trinajstić information content (AvgIpc) is 2.38. The Hall–Kier alpha value is -0.450. The van der Waals surface area contributed by atoms with Gasteiger partial charge in [0.25, 0.3) is 0 Å². The summed E-state index contributed by atoms with van der Waals surface area (Å²) in [6.07, 6.45) is -0.0529. The van der Waals surface area contributed by atoms with Crippen LogP contribution in [0.15, 0.2) is 0 Å². The van der Waals surface area contributed by atoms with Crippen LogP contribution in [0.2, 0.25) is 0 Å². The largest absolute Gasteiger partial charge is 0.376 e. The summed E-state index contributed by atoms with van der Waals surface area (Å²) in [4.78, 5) is 10.8. The first-order valence-corrected chi connectivity index (χ1v) is 3.69. The van der Waals surface area contributed by atoms with Crippen molar-refractivity contribution in [2.24, 2.45) is 0 Å². The van der Waals surface area contributed by atoms with Crippen LogP contribution in [-0.2, 0) is 19.0 Å². The van der Waals surface area contributed by atoms with Gasteiger partial charge in [0.2, 0.25) is 0 Å². The maximum absolute atomic E-state index is 10.8. The van der Waals surface area contributed by atoms with E-state index in [-0.39, 0.29) is 31.2 Å². The van der Waals surface area contributed by atoms with E-state index in [0.29, 0.717) is 13.2 Å². The molecule has 0 radical (unpaired) electrons. The predicted octanol–water partition coefficient (Wildman–Crippen LogP) is -0.630. The molecule has 0 aromatic rings. The second-order valence-electron chi connectivity index (χ2n) is 2.78. The summed E-state index contributed by atoms with van der Waals surface area (Å²) in [6, 6.07) is 0. The second-order valence-corrected chi connectivity index (χ2v) is 2.78. The van der Waals surface area contributed by atoms with Crippen molar-refractivity contribution in [3.8, 4) is 0 Å². The van der Waals surface area contributed by atoms with Crippen LogP contribution in [0.4, 0.5) is 0 Å².